The van der Waals surface area contributed by atoms with Gasteiger partial charge in [0.2, 0.25) is 5.75 Å². The zero-order chi connectivity index (χ0) is 22.1. The summed E-state index contributed by atoms with van der Waals surface area (Å²) in [6, 6.07) is 8.31. The summed E-state index contributed by atoms with van der Waals surface area (Å²) in [6.45, 7) is -0.296. The highest BCUT2D eigenvalue weighted by Crippen LogP contribution is 2.38. The maximum absolute atomic E-state index is 12.4. The zero-order valence-corrected chi connectivity index (χ0v) is 17.6. The van der Waals surface area contributed by atoms with Crippen molar-refractivity contribution >= 4 is 11.9 Å². The van der Waals surface area contributed by atoms with E-state index in [9.17, 15) is 9.59 Å². The van der Waals surface area contributed by atoms with Crippen LogP contribution in [0.5, 0.6) is 28.7 Å². The molecule has 9 nitrogen and oxygen atoms in total. The number of rotatable bonds is 10. The molecule has 9 heteroatoms. The highest BCUT2D eigenvalue weighted by atomic mass is 16.5. The Labute approximate surface area is 174 Å². The molecule has 0 aromatic heterocycles. The molecule has 0 saturated carbocycles. The fourth-order valence-corrected chi connectivity index (χ4v) is 2.74. The van der Waals surface area contributed by atoms with Gasteiger partial charge in [0.15, 0.2) is 18.1 Å². The maximum Gasteiger partial charge on any atom is 0.346 e. The molecule has 1 amide bonds. The van der Waals surface area contributed by atoms with Crippen LogP contribution in [0.3, 0.4) is 0 Å². The summed E-state index contributed by atoms with van der Waals surface area (Å²) in [5, 5.41) is 2.67. The third kappa shape index (κ3) is 5.25. The molecular weight excluding hydrogens is 394 g/mol. The molecule has 2 aromatic rings. The predicted molar refractivity (Wildman–Crippen MR) is 108 cm³/mol. The first-order chi connectivity index (χ1) is 14.5. The van der Waals surface area contributed by atoms with E-state index < -0.39 is 18.5 Å². The predicted octanol–water partition coefficient (Wildman–Crippen LogP) is 2.20. The van der Waals surface area contributed by atoms with Crippen LogP contribution in [-0.4, -0.2) is 54.0 Å². The van der Waals surface area contributed by atoms with Crippen molar-refractivity contribution < 1.29 is 38.0 Å². The lowest BCUT2D eigenvalue weighted by atomic mass is 10.1. The number of hydrogen-bond donors (Lipinski definition) is 1. The molecule has 0 spiro atoms. The van der Waals surface area contributed by atoms with E-state index in [1.54, 1.807) is 30.3 Å². The van der Waals surface area contributed by atoms with Gasteiger partial charge in [0.05, 0.1) is 35.5 Å². The number of carbonyl (C=O) groups excluding carboxylic acids is 2. The summed E-state index contributed by atoms with van der Waals surface area (Å²) < 4.78 is 31.3. The number of carbonyl (C=O) groups is 2. The van der Waals surface area contributed by atoms with Gasteiger partial charge < -0.3 is 33.7 Å². The molecule has 0 atom stereocenters. The van der Waals surface area contributed by atoms with E-state index in [4.69, 9.17) is 28.4 Å². The van der Waals surface area contributed by atoms with Crippen molar-refractivity contribution in [1.82, 2.24) is 5.32 Å². The minimum absolute atomic E-state index is 0.111. The molecule has 0 bridgehead atoms. The van der Waals surface area contributed by atoms with Gasteiger partial charge in [-0.05, 0) is 29.8 Å². The number of nitrogens with one attached hydrogen (secondary N) is 1. The number of ether oxygens (including phenoxy) is 6. The Morgan fingerprint density at radius 2 is 1.33 bits per heavy atom. The molecule has 0 aliphatic rings. The van der Waals surface area contributed by atoms with Crippen LogP contribution in [0.2, 0.25) is 0 Å². The normalized spacial score (nSPS) is 10.0. The van der Waals surface area contributed by atoms with Crippen molar-refractivity contribution in [3.05, 3.63) is 41.5 Å². The van der Waals surface area contributed by atoms with Crippen molar-refractivity contribution in [3.63, 3.8) is 0 Å². The lowest BCUT2D eigenvalue weighted by Gasteiger charge is -2.15. The quantitative estimate of drug-likeness (QED) is 0.585. The van der Waals surface area contributed by atoms with Gasteiger partial charge >= 0.3 is 5.97 Å². The average Bonchev–Trinajstić information content (AvgIpc) is 2.79. The summed E-state index contributed by atoms with van der Waals surface area (Å²) in [5.74, 6) is 0.758. The molecule has 0 saturated heterocycles. The summed E-state index contributed by atoms with van der Waals surface area (Å²) in [4.78, 5) is 24.6. The number of hydrogen-bond acceptors (Lipinski definition) is 8. The van der Waals surface area contributed by atoms with Crippen molar-refractivity contribution in [3.8, 4) is 28.7 Å². The number of methoxy groups -OCH3 is 5. The molecule has 2 rings (SSSR count). The topological polar surface area (TPSA) is 102 Å². The summed E-state index contributed by atoms with van der Waals surface area (Å²) in [6.07, 6.45) is 0. The lowest BCUT2D eigenvalue weighted by Crippen LogP contribution is -2.28. The first-order valence-electron chi connectivity index (χ1n) is 8.92. The van der Waals surface area contributed by atoms with Crippen molar-refractivity contribution in [2.24, 2.45) is 0 Å². The lowest BCUT2D eigenvalue weighted by molar-refractivity contribution is -0.124. The van der Waals surface area contributed by atoms with Gasteiger partial charge in [0, 0.05) is 6.54 Å². The van der Waals surface area contributed by atoms with Crippen LogP contribution in [0.15, 0.2) is 30.3 Å². The molecule has 2 aromatic carbocycles. The van der Waals surface area contributed by atoms with E-state index in [0.29, 0.717) is 17.2 Å². The van der Waals surface area contributed by atoms with E-state index in [0.717, 1.165) is 5.56 Å². The van der Waals surface area contributed by atoms with Gasteiger partial charge in [-0.1, -0.05) is 6.07 Å². The third-order valence-corrected chi connectivity index (χ3v) is 4.18. The third-order valence-electron chi connectivity index (χ3n) is 4.18. The Bertz CT molecular complexity index is 849. The highest BCUT2D eigenvalue weighted by molar-refractivity contribution is 5.96. The van der Waals surface area contributed by atoms with Gasteiger partial charge in [0.25, 0.3) is 5.91 Å². The van der Waals surface area contributed by atoms with Gasteiger partial charge in [0.1, 0.15) is 17.1 Å². The molecule has 162 valence electrons. The Balaban J connectivity index is 2.00. The fraction of sp³-hybridized carbons (Fsp3) is 0.333. The van der Waals surface area contributed by atoms with Crippen molar-refractivity contribution in [2.75, 3.05) is 42.2 Å². The molecule has 0 radical (unpaired) electrons. The Hall–Kier alpha value is -3.62. The van der Waals surface area contributed by atoms with E-state index >= 15 is 0 Å². The minimum atomic E-state index is -0.729. The van der Waals surface area contributed by atoms with Gasteiger partial charge in [-0.3, -0.25) is 4.79 Å². The zero-order valence-electron chi connectivity index (χ0n) is 17.6. The van der Waals surface area contributed by atoms with Gasteiger partial charge in [-0.2, -0.15) is 0 Å². The van der Waals surface area contributed by atoms with E-state index in [1.165, 1.54) is 35.5 Å². The SMILES string of the molecule is COc1cc(CNC(=O)COC(=O)c2c(OC)cccc2OC)cc(OC)c1OC. The maximum atomic E-state index is 12.4. The second-order valence-electron chi connectivity index (χ2n) is 5.92. The van der Waals surface area contributed by atoms with Gasteiger partial charge in [-0.15, -0.1) is 0 Å². The second kappa shape index (κ2) is 10.8. The van der Waals surface area contributed by atoms with Crippen LogP contribution in [0, 0.1) is 0 Å². The first-order valence-corrected chi connectivity index (χ1v) is 8.92. The first kappa shape index (κ1) is 22.7. The van der Waals surface area contributed by atoms with Crippen LogP contribution in [0.1, 0.15) is 15.9 Å². The smallest absolute Gasteiger partial charge is 0.346 e. The largest absolute Gasteiger partial charge is 0.496 e. The van der Waals surface area contributed by atoms with Gasteiger partial charge in [-0.25, -0.2) is 4.79 Å². The van der Waals surface area contributed by atoms with E-state index in [-0.39, 0.29) is 23.6 Å². The summed E-state index contributed by atoms with van der Waals surface area (Å²) >= 11 is 0. The number of esters is 1. The molecule has 0 aliphatic heterocycles. The summed E-state index contributed by atoms with van der Waals surface area (Å²) in [5.41, 5.74) is 0.829. The fourth-order valence-electron chi connectivity index (χ4n) is 2.74. The Morgan fingerprint density at radius 3 is 1.80 bits per heavy atom. The van der Waals surface area contributed by atoms with E-state index in [1.807, 2.05) is 0 Å². The molecular formula is C21H25NO8. The Kier molecular flexibility index (Phi) is 8.16. The molecule has 30 heavy (non-hydrogen) atoms. The van der Waals surface area contributed by atoms with Crippen LogP contribution in [0.25, 0.3) is 0 Å². The Morgan fingerprint density at radius 1 is 0.800 bits per heavy atom. The van der Waals surface area contributed by atoms with Crippen LogP contribution < -0.4 is 29.0 Å². The minimum Gasteiger partial charge on any atom is -0.496 e. The van der Waals surface area contributed by atoms with Crippen LogP contribution in [0.4, 0.5) is 0 Å². The average molecular weight is 419 g/mol. The standard InChI is InChI=1S/C21H25NO8/c1-25-14-7-6-8-15(26-2)19(14)21(24)30-12-18(23)22-11-13-9-16(27-3)20(29-5)17(10-13)28-4/h6-10H,11-12H2,1-5H3,(H,22,23). The monoisotopic (exact) mass is 419 g/mol. The number of benzene rings is 2. The van der Waals surface area contributed by atoms with Crippen molar-refractivity contribution in [2.45, 2.75) is 6.54 Å². The molecule has 0 unspecified atom stereocenters. The number of amides is 1. The van der Waals surface area contributed by atoms with Crippen LogP contribution in [-0.2, 0) is 16.1 Å². The highest BCUT2D eigenvalue weighted by Gasteiger charge is 2.21. The van der Waals surface area contributed by atoms with Crippen molar-refractivity contribution in [1.29, 1.82) is 0 Å². The molecule has 0 fully saturated rings. The molecule has 0 aliphatic carbocycles. The second-order valence-corrected chi connectivity index (χ2v) is 5.92. The van der Waals surface area contributed by atoms with Crippen LogP contribution >= 0.6 is 0 Å². The van der Waals surface area contributed by atoms with E-state index in [2.05, 4.69) is 5.32 Å². The molecule has 1 N–H and O–H groups in total. The molecule has 0 heterocycles. The summed E-state index contributed by atoms with van der Waals surface area (Å²) in [7, 11) is 7.37.